The molecule has 10 nitrogen and oxygen atoms in total. The number of hydrogen-bond acceptors (Lipinski definition) is 8. The van der Waals surface area contributed by atoms with Crippen LogP contribution in [0.2, 0.25) is 0 Å². The van der Waals surface area contributed by atoms with Gasteiger partial charge in [-0.3, -0.25) is 0 Å². The fourth-order valence-electron chi connectivity index (χ4n) is 8.63. The number of ether oxygens (including phenoxy) is 3. The topological polar surface area (TPSA) is 122 Å². The Bertz CT molecular complexity index is 1580. The second kappa shape index (κ2) is 20.5. The largest absolute Gasteiger partial charge is 0.490 e. The Morgan fingerprint density at radius 3 is 2.48 bits per heavy atom. The molecule has 0 saturated heterocycles. The first-order chi connectivity index (χ1) is 26.5. The zero-order valence-electron chi connectivity index (χ0n) is 32.3. The summed E-state index contributed by atoms with van der Waals surface area (Å²) in [6, 6.07) is 15.2. The predicted octanol–water partition coefficient (Wildman–Crippen LogP) is 7.92. The smallest absolute Gasteiger partial charge is 0.317 e. The van der Waals surface area contributed by atoms with E-state index in [9.17, 15) is 15.0 Å². The molecule has 6 unspecified atom stereocenters. The number of rotatable bonds is 22. The lowest BCUT2D eigenvalue weighted by Crippen LogP contribution is -2.70. The molecule has 2 aromatic carbocycles. The molecule has 1 fully saturated rings. The summed E-state index contributed by atoms with van der Waals surface area (Å²) < 4.78 is 20.4. The standard InChI is InChI=1S/C44H61N3O7/c1-5-22-45-43(50)47(23-6-2)40-30-38(46-53-31-32-16-10-9-11-17-32)36-28-33(18-12-14-24-48)35(19-13-15-25-49)41-37-29-34(51-26-7-3)20-21-39(37)54-44(40,42(36)41)52-27-8-4/h7-11,16-17,20-21,28-29,33,35,40-42,48-49H,3-6,12-15,18-19,22-27,30-31H2,1-2H3,(H,45,50). The van der Waals surface area contributed by atoms with E-state index in [1.54, 1.807) is 12.2 Å². The molecule has 5 rings (SSSR count). The van der Waals surface area contributed by atoms with Gasteiger partial charge in [-0.1, -0.05) is 87.0 Å². The SMILES string of the molecule is C=CCOc1ccc2c(c1)C1C(CCCCO)C(CCCCO)C=C3C(=NOCc4ccccc4)CC(N(CCC)C(=O)NCCC)C(OCC=C)(O2)C31. The maximum Gasteiger partial charge on any atom is 0.317 e. The van der Waals surface area contributed by atoms with E-state index >= 15 is 0 Å². The number of aliphatic hydroxyl groups excluding tert-OH is 2. The molecule has 3 N–H and O–H groups in total. The molecule has 3 aliphatic rings. The number of carbonyl (C=O) groups excluding carboxylic acids is 1. The molecule has 2 aromatic rings. The van der Waals surface area contributed by atoms with Gasteiger partial charge in [0.1, 0.15) is 30.8 Å². The van der Waals surface area contributed by atoms with Crippen LogP contribution in [0.1, 0.15) is 88.7 Å². The van der Waals surface area contributed by atoms with Crippen LogP contribution in [0.15, 0.2) is 90.6 Å². The summed E-state index contributed by atoms with van der Waals surface area (Å²) in [4.78, 5) is 22.3. The molecular formula is C44H61N3O7. The molecule has 2 aliphatic carbocycles. The molecule has 0 spiro atoms. The van der Waals surface area contributed by atoms with E-state index in [1.165, 1.54) is 0 Å². The summed E-state index contributed by atoms with van der Waals surface area (Å²) in [5, 5.41) is 27.7. The number of amides is 2. The number of unbranched alkanes of at least 4 members (excludes halogenated alkanes) is 2. The lowest BCUT2D eigenvalue weighted by Gasteiger charge is -2.60. The molecule has 54 heavy (non-hydrogen) atoms. The number of fused-ring (bicyclic) bond motifs is 2. The van der Waals surface area contributed by atoms with Gasteiger partial charge in [0.15, 0.2) is 0 Å². The van der Waals surface area contributed by atoms with Crippen LogP contribution < -0.4 is 14.8 Å². The van der Waals surface area contributed by atoms with Crippen LogP contribution in [-0.4, -0.2) is 78.2 Å². The average Bonchev–Trinajstić information content (AvgIpc) is 3.19. The van der Waals surface area contributed by atoms with E-state index in [0.717, 1.165) is 66.7 Å². The maximum atomic E-state index is 14.2. The van der Waals surface area contributed by atoms with Gasteiger partial charge >= 0.3 is 6.03 Å². The Balaban J connectivity index is 1.76. The van der Waals surface area contributed by atoms with E-state index in [0.29, 0.717) is 51.3 Å². The van der Waals surface area contributed by atoms with Crippen molar-refractivity contribution in [3.8, 4) is 11.5 Å². The van der Waals surface area contributed by atoms with E-state index in [2.05, 4.69) is 37.5 Å². The summed E-state index contributed by atoms with van der Waals surface area (Å²) in [7, 11) is 0. The summed E-state index contributed by atoms with van der Waals surface area (Å²) in [5.41, 5.74) is 3.82. The molecular weight excluding hydrogens is 682 g/mol. The second-order valence-corrected chi connectivity index (χ2v) is 14.6. The van der Waals surface area contributed by atoms with Gasteiger partial charge in [0, 0.05) is 44.2 Å². The number of carbonyl (C=O) groups is 1. The minimum atomic E-state index is -1.29. The van der Waals surface area contributed by atoms with Crippen molar-refractivity contribution in [2.45, 2.75) is 96.0 Å². The highest BCUT2D eigenvalue weighted by molar-refractivity contribution is 6.03. The van der Waals surface area contributed by atoms with Crippen molar-refractivity contribution in [2.75, 3.05) is 39.5 Å². The van der Waals surface area contributed by atoms with Crippen molar-refractivity contribution >= 4 is 11.7 Å². The molecule has 1 aliphatic heterocycles. The minimum absolute atomic E-state index is 0.118. The van der Waals surface area contributed by atoms with Gasteiger partial charge in [-0.25, -0.2) is 4.79 Å². The van der Waals surface area contributed by atoms with Crippen molar-refractivity contribution in [1.29, 1.82) is 0 Å². The molecule has 1 heterocycles. The third-order valence-electron chi connectivity index (χ3n) is 10.9. The van der Waals surface area contributed by atoms with Crippen LogP contribution in [0.3, 0.4) is 0 Å². The third-order valence-corrected chi connectivity index (χ3v) is 10.9. The molecule has 2 amide bonds. The second-order valence-electron chi connectivity index (χ2n) is 14.6. The first kappa shape index (κ1) is 41.1. The Kier molecular flexibility index (Phi) is 15.6. The van der Waals surface area contributed by atoms with Crippen LogP contribution >= 0.6 is 0 Å². The summed E-state index contributed by atoms with van der Waals surface area (Å²) >= 11 is 0. The number of allylic oxidation sites excluding steroid dienone is 1. The first-order valence-electron chi connectivity index (χ1n) is 20.0. The Morgan fingerprint density at radius 1 is 1.02 bits per heavy atom. The number of aliphatic hydroxyl groups is 2. The van der Waals surface area contributed by atoms with Crippen molar-refractivity contribution in [3.63, 3.8) is 0 Å². The Labute approximate surface area is 321 Å². The number of oxime groups is 1. The van der Waals surface area contributed by atoms with Crippen LogP contribution in [-0.2, 0) is 16.2 Å². The number of hydrogen-bond donors (Lipinski definition) is 3. The fraction of sp³-hybridized carbons (Fsp3) is 0.545. The van der Waals surface area contributed by atoms with Gasteiger partial charge in [-0.15, -0.1) is 6.58 Å². The highest BCUT2D eigenvalue weighted by atomic mass is 16.7. The van der Waals surface area contributed by atoms with Gasteiger partial charge in [-0.2, -0.15) is 0 Å². The predicted molar refractivity (Wildman–Crippen MR) is 213 cm³/mol. The summed E-state index contributed by atoms with van der Waals surface area (Å²) in [6.07, 6.45) is 12.6. The number of benzene rings is 2. The third kappa shape index (κ3) is 9.39. The van der Waals surface area contributed by atoms with Gasteiger partial charge in [-0.05, 0) is 79.7 Å². The zero-order chi connectivity index (χ0) is 38.3. The Morgan fingerprint density at radius 2 is 1.78 bits per heavy atom. The lowest BCUT2D eigenvalue weighted by atomic mass is 9.55. The van der Waals surface area contributed by atoms with E-state index in [1.807, 2.05) is 54.3 Å². The quantitative estimate of drug-likeness (QED) is 0.0637. The van der Waals surface area contributed by atoms with Gasteiger partial charge in [0.25, 0.3) is 0 Å². The van der Waals surface area contributed by atoms with E-state index < -0.39 is 11.8 Å². The average molecular weight is 744 g/mol. The van der Waals surface area contributed by atoms with Crippen molar-refractivity contribution in [3.05, 3.63) is 96.6 Å². The van der Waals surface area contributed by atoms with Crippen molar-refractivity contribution in [1.82, 2.24) is 10.2 Å². The summed E-state index contributed by atoms with van der Waals surface area (Å²) in [5.74, 6) is -0.0851. The molecule has 10 heteroatoms. The number of nitrogens with zero attached hydrogens (tertiary/aromatic N) is 2. The molecule has 294 valence electrons. The fourth-order valence-corrected chi connectivity index (χ4v) is 8.63. The minimum Gasteiger partial charge on any atom is -0.490 e. The Hall–Kier alpha value is -4.12. The van der Waals surface area contributed by atoms with Crippen molar-refractivity contribution < 1.29 is 34.1 Å². The van der Waals surface area contributed by atoms with Crippen molar-refractivity contribution in [2.24, 2.45) is 22.9 Å². The first-order valence-corrected chi connectivity index (χ1v) is 20.0. The van der Waals surface area contributed by atoms with Gasteiger partial charge in [0.05, 0.1) is 18.2 Å². The molecule has 0 radical (unpaired) electrons. The monoisotopic (exact) mass is 743 g/mol. The van der Waals surface area contributed by atoms with E-state index in [-0.39, 0.29) is 49.5 Å². The van der Waals surface area contributed by atoms with Gasteiger partial charge in [0.2, 0.25) is 5.79 Å². The van der Waals surface area contributed by atoms with Crippen LogP contribution in [0.25, 0.3) is 0 Å². The molecule has 0 bridgehead atoms. The highest BCUT2D eigenvalue weighted by Gasteiger charge is 2.65. The number of urea groups is 1. The zero-order valence-corrected chi connectivity index (χ0v) is 32.3. The highest BCUT2D eigenvalue weighted by Crippen LogP contribution is 2.62. The lowest BCUT2D eigenvalue weighted by molar-refractivity contribution is -0.254. The maximum absolute atomic E-state index is 14.2. The molecule has 0 aromatic heterocycles. The van der Waals surface area contributed by atoms with Crippen LogP contribution in [0, 0.1) is 17.8 Å². The van der Waals surface area contributed by atoms with E-state index in [4.69, 9.17) is 24.2 Å². The van der Waals surface area contributed by atoms with Crippen LogP contribution in [0.4, 0.5) is 4.79 Å². The van der Waals surface area contributed by atoms with Gasteiger partial charge < -0.3 is 39.5 Å². The normalized spacial score (nSPS) is 24.7. The molecule has 6 atom stereocenters. The molecule has 1 saturated carbocycles. The van der Waals surface area contributed by atoms with Crippen LogP contribution in [0.5, 0.6) is 11.5 Å². The number of nitrogens with one attached hydrogen (secondary N) is 1. The summed E-state index contributed by atoms with van der Waals surface area (Å²) in [6.45, 7) is 14.2.